The molecule has 1 atom stereocenters. The molecule has 1 aliphatic rings. The van der Waals surface area contributed by atoms with Gasteiger partial charge < -0.3 is 19.8 Å². The molecule has 1 aromatic rings. The number of carbonyl (C=O) groups is 1. The molecule has 2 heterocycles. The Labute approximate surface area is 123 Å². The van der Waals surface area contributed by atoms with Crippen LogP contribution in [0, 0.1) is 0 Å². The molecule has 1 N–H and O–H groups in total. The number of rotatable bonds is 3. The van der Waals surface area contributed by atoms with Gasteiger partial charge in [-0.15, -0.1) is 11.3 Å². The van der Waals surface area contributed by atoms with E-state index in [0.717, 1.165) is 18.1 Å². The predicted octanol–water partition coefficient (Wildman–Crippen LogP) is -0.0468. The summed E-state index contributed by atoms with van der Waals surface area (Å²) in [4.78, 5) is 22.6. The van der Waals surface area contributed by atoms with Gasteiger partial charge in [0.25, 0.3) is 5.91 Å². The molecule has 112 valence electrons. The van der Waals surface area contributed by atoms with Crippen LogP contribution in [-0.2, 0) is 6.54 Å². The zero-order chi connectivity index (χ0) is 14.7. The van der Waals surface area contributed by atoms with Crippen molar-refractivity contribution >= 4 is 17.2 Å². The SMILES string of the molecule is CN(C)Cc1nc(C(=O)N2CCN(C)C[C@@H](O)C2)cs1. The van der Waals surface area contributed by atoms with Gasteiger partial charge in [0.2, 0.25) is 0 Å². The first-order valence-corrected chi connectivity index (χ1v) is 7.58. The van der Waals surface area contributed by atoms with Gasteiger partial charge in [0.1, 0.15) is 10.7 Å². The van der Waals surface area contributed by atoms with E-state index in [9.17, 15) is 9.90 Å². The first-order chi connectivity index (χ1) is 9.45. The average molecular weight is 298 g/mol. The van der Waals surface area contributed by atoms with Gasteiger partial charge in [0, 0.05) is 38.1 Å². The van der Waals surface area contributed by atoms with Crippen molar-refractivity contribution in [1.82, 2.24) is 19.7 Å². The standard InChI is InChI=1S/C13H22N4O2S/c1-15(2)8-12-14-11(9-20-12)13(19)17-5-4-16(3)6-10(18)7-17/h9-10,18H,4-8H2,1-3H3/t10-/m1/s1. The maximum atomic E-state index is 12.4. The van der Waals surface area contributed by atoms with Crippen LogP contribution in [0.15, 0.2) is 5.38 Å². The molecule has 0 bridgehead atoms. The Morgan fingerprint density at radius 1 is 1.50 bits per heavy atom. The quantitative estimate of drug-likeness (QED) is 0.848. The van der Waals surface area contributed by atoms with Crippen LogP contribution in [-0.4, -0.2) is 84.1 Å². The smallest absolute Gasteiger partial charge is 0.273 e. The molecule has 1 aromatic heterocycles. The van der Waals surface area contributed by atoms with E-state index in [1.54, 1.807) is 4.90 Å². The number of hydrogen-bond donors (Lipinski definition) is 1. The number of carbonyl (C=O) groups excluding carboxylic acids is 1. The van der Waals surface area contributed by atoms with Gasteiger partial charge in [-0.1, -0.05) is 0 Å². The lowest BCUT2D eigenvalue weighted by Gasteiger charge is -2.20. The lowest BCUT2D eigenvalue weighted by Crippen LogP contribution is -2.37. The van der Waals surface area contributed by atoms with E-state index >= 15 is 0 Å². The minimum absolute atomic E-state index is 0.0828. The van der Waals surface area contributed by atoms with Crippen molar-refractivity contribution in [2.75, 3.05) is 47.3 Å². The molecule has 0 radical (unpaired) electrons. The number of likely N-dealkylation sites (N-methyl/N-ethyl adjacent to an activating group) is 1. The third-order valence-electron chi connectivity index (χ3n) is 3.21. The summed E-state index contributed by atoms with van der Waals surface area (Å²) in [6.07, 6.45) is -0.494. The molecule has 0 unspecified atom stereocenters. The van der Waals surface area contributed by atoms with Crippen LogP contribution in [0.3, 0.4) is 0 Å². The molecule has 7 heteroatoms. The lowest BCUT2D eigenvalue weighted by molar-refractivity contribution is 0.0661. The van der Waals surface area contributed by atoms with Gasteiger partial charge in [-0.2, -0.15) is 0 Å². The van der Waals surface area contributed by atoms with E-state index in [4.69, 9.17) is 0 Å². The van der Waals surface area contributed by atoms with Gasteiger partial charge >= 0.3 is 0 Å². The number of nitrogens with zero attached hydrogens (tertiary/aromatic N) is 4. The van der Waals surface area contributed by atoms with Gasteiger partial charge in [-0.3, -0.25) is 4.79 Å². The maximum Gasteiger partial charge on any atom is 0.273 e. The highest BCUT2D eigenvalue weighted by molar-refractivity contribution is 7.09. The van der Waals surface area contributed by atoms with Gasteiger partial charge in [-0.25, -0.2) is 4.98 Å². The van der Waals surface area contributed by atoms with Crippen LogP contribution >= 0.6 is 11.3 Å². The molecule has 2 rings (SSSR count). The van der Waals surface area contributed by atoms with E-state index in [2.05, 4.69) is 4.98 Å². The molecule has 20 heavy (non-hydrogen) atoms. The Balaban J connectivity index is 2.04. The van der Waals surface area contributed by atoms with Crippen LogP contribution in [0.25, 0.3) is 0 Å². The van der Waals surface area contributed by atoms with Gasteiger partial charge in [0.05, 0.1) is 6.10 Å². The van der Waals surface area contributed by atoms with Crippen molar-refractivity contribution in [1.29, 1.82) is 0 Å². The summed E-state index contributed by atoms with van der Waals surface area (Å²) in [6.45, 7) is 3.13. The lowest BCUT2D eigenvalue weighted by atomic mass is 10.3. The minimum atomic E-state index is -0.494. The number of amides is 1. The molecule has 1 saturated heterocycles. The van der Waals surface area contributed by atoms with E-state index in [-0.39, 0.29) is 5.91 Å². The molecule has 0 aliphatic carbocycles. The topological polar surface area (TPSA) is 59.9 Å². The van der Waals surface area contributed by atoms with Crippen LogP contribution in [0.1, 0.15) is 15.5 Å². The van der Waals surface area contributed by atoms with Crippen LogP contribution in [0.4, 0.5) is 0 Å². The molecule has 0 spiro atoms. The van der Waals surface area contributed by atoms with Gasteiger partial charge in [-0.05, 0) is 21.1 Å². The second kappa shape index (κ2) is 6.62. The summed E-state index contributed by atoms with van der Waals surface area (Å²) in [6, 6.07) is 0. The third kappa shape index (κ3) is 3.99. The van der Waals surface area contributed by atoms with Crippen molar-refractivity contribution < 1.29 is 9.90 Å². The predicted molar refractivity (Wildman–Crippen MR) is 78.9 cm³/mol. The molecule has 0 aromatic carbocycles. The van der Waals surface area contributed by atoms with E-state index < -0.39 is 6.10 Å². The molecule has 0 saturated carbocycles. The zero-order valence-corrected chi connectivity index (χ0v) is 13.1. The monoisotopic (exact) mass is 298 g/mol. The Bertz CT molecular complexity index is 463. The van der Waals surface area contributed by atoms with Crippen molar-refractivity contribution in [3.63, 3.8) is 0 Å². The largest absolute Gasteiger partial charge is 0.390 e. The van der Waals surface area contributed by atoms with Crippen LogP contribution in [0.2, 0.25) is 0 Å². The summed E-state index contributed by atoms with van der Waals surface area (Å²) in [5.41, 5.74) is 0.489. The van der Waals surface area contributed by atoms with Crippen molar-refractivity contribution in [2.45, 2.75) is 12.6 Å². The number of aliphatic hydroxyl groups is 1. The van der Waals surface area contributed by atoms with Crippen molar-refractivity contribution in [3.05, 3.63) is 16.1 Å². The van der Waals surface area contributed by atoms with Crippen molar-refractivity contribution in [2.24, 2.45) is 0 Å². The highest BCUT2D eigenvalue weighted by atomic mass is 32.1. The Hall–Kier alpha value is -1.02. The summed E-state index contributed by atoms with van der Waals surface area (Å²) in [5.74, 6) is -0.0828. The first-order valence-electron chi connectivity index (χ1n) is 6.70. The molecule has 1 fully saturated rings. The fraction of sp³-hybridized carbons (Fsp3) is 0.692. The molecular formula is C13H22N4O2S. The van der Waals surface area contributed by atoms with Crippen LogP contribution in [0.5, 0.6) is 0 Å². The van der Waals surface area contributed by atoms with Crippen molar-refractivity contribution in [3.8, 4) is 0 Å². The minimum Gasteiger partial charge on any atom is -0.390 e. The number of aromatic nitrogens is 1. The summed E-state index contributed by atoms with van der Waals surface area (Å²) in [5, 5.41) is 12.6. The number of thiazole rings is 1. The first kappa shape index (κ1) is 15.4. The molecule has 1 amide bonds. The summed E-state index contributed by atoms with van der Waals surface area (Å²) in [7, 11) is 5.91. The van der Waals surface area contributed by atoms with E-state index in [0.29, 0.717) is 25.3 Å². The number of aliphatic hydroxyl groups excluding tert-OH is 1. The molecule has 1 aliphatic heterocycles. The fourth-order valence-electron chi connectivity index (χ4n) is 2.24. The Kier molecular flexibility index (Phi) is 5.09. The molecule has 6 nitrogen and oxygen atoms in total. The maximum absolute atomic E-state index is 12.4. The second-order valence-electron chi connectivity index (χ2n) is 5.53. The highest BCUT2D eigenvalue weighted by Crippen LogP contribution is 2.14. The number of β-amino-alcohol motifs (C(OH)–C–C–N with tert-alkyl or cyclic N) is 1. The normalized spacial score (nSPS) is 21.2. The fourth-order valence-corrected chi connectivity index (χ4v) is 3.13. The summed E-state index contributed by atoms with van der Waals surface area (Å²) < 4.78 is 0. The summed E-state index contributed by atoms with van der Waals surface area (Å²) >= 11 is 1.50. The Morgan fingerprint density at radius 2 is 2.25 bits per heavy atom. The second-order valence-corrected chi connectivity index (χ2v) is 6.47. The Morgan fingerprint density at radius 3 is 2.95 bits per heavy atom. The van der Waals surface area contributed by atoms with E-state index in [1.165, 1.54) is 11.3 Å². The average Bonchev–Trinajstić information content (AvgIpc) is 2.73. The zero-order valence-electron chi connectivity index (χ0n) is 12.2. The number of hydrogen-bond acceptors (Lipinski definition) is 6. The van der Waals surface area contributed by atoms with Gasteiger partial charge in [0.15, 0.2) is 0 Å². The highest BCUT2D eigenvalue weighted by Gasteiger charge is 2.25. The third-order valence-corrected chi connectivity index (χ3v) is 4.05. The molecular weight excluding hydrogens is 276 g/mol. The van der Waals surface area contributed by atoms with E-state index in [1.807, 2.05) is 36.3 Å². The van der Waals surface area contributed by atoms with Crippen LogP contribution < -0.4 is 0 Å².